The van der Waals surface area contributed by atoms with E-state index in [1.165, 1.54) is 5.56 Å². The highest BCUT2D eigenvalue weighted by molar-refractivity contribution is 5.65. The first-order valence-corrected chi connectivity index (χ1v) is 7.46. The van der Waals surface area contributed by atoms with Gasteiger partial charge in [-0.15, -0.1) is 0 Å². The minimum atomic E-state index is -0.988. The quantitative estimate of drug-likeness (QED) is 0.892. The summed E-state index contributed by atoms with van der Waals surface area (Å²) in [7, 11) is 2.17. The normalized spacial score (nSPS) is 22.0. The lowest BCUT2D eigenvalue weighted by Crippen LogP contribution is -2.49. The van der Waals surface area contributed by atoms with Crippen LogP contribution in [0.25, 0.3) is 0 Å². The fourth-order valence-corrected chi connectivity index (χ4v) is 2.71. The Kier molecular flexibility index (Phi) is 5.20. The molecule has 116 valence electrons. The molecule has 2 N–H and O–H groups in total. The summed E-state index contributed by atoms with van der Waals surface area (Å²) in [5, 5.41) is 11.2. The molecule has 1 amide bonds. The van der Waals surface area contributed by atoms with Gasteiger partial charge in [0.1, 0.15) is 0 Å². The maximum Gasteiger partial charge on any atom is 0.405 e. The monoisotopic (exact) mass is 291 g/mol. The van der Waals surface area contributed by atoms with Crippen molar-refractivity contribution in [2.45, 2.75) is 32.5 Å². The fourth-order valence-electron chi connectivity index (χ4n) is 2.71. The summed E-state index contributed by atoms with van der Waals surface area (Å²) in [6, 6.07) is 8.62. The maximum absolute atomic E-state index is 10.6. The summed E-state index contributed by atoms with van der Waals surface area (Å²) < 4.78 is 0. The Morgan fingerprint density at radius 1 is 1.38 bits per heavy atom. The fraction of sp³-hybridized carbons (Fsp3) is 0.562. The summed E-state index contributed by atoms with van der Waals surface area (Å²) in [6.07, 6.45) is -0.988. The number of carboxylic acid groups (broad SMARTS) is 1. The highest BCUT2D eigenvalue weighted by Gasteiger charge is 2.20. The number of amides is 1. The minimum absolute atomic E-state index is 0.180. The van der Waals surface area contributed by atoms with E-state index < -0.39 is 6.09 Å². The molecule has 5 heteroatoms. The van der Waals surface area contributed by atoms with Crippen LogP contribution in [0.15, 0.2) is 24.3 Å². The summed E-state index contributed by atoms with van der Waals surface area (Å²) in [5.74, 6) is 0. The first kappa shape index (κ1) is 15.8. The van der Waals surface area contributed by atoms with Gasteiger partial charge >= 0.3 is 6.09 Å². The summed E-state index contributed by atoms with van der Waals surface area (Å²) in [6.45, 7) is 8.37. The Labute approximate surface area is 126 Å². The van der Waals surface area contributed by atoms with E-state index in [2.05, 4.69) is 41.2 Å². The van der Waals surface area contributed by atoms with Gasteiger partial charge in [-0.25, -0.2) is 4.79 Å². The molecule has 1 aliphatic rings. The molecule has 1 aliphatic heterocycles. The van der Waals surface area contributed by atoms with E-state index in [0.29, 0.717) is 6.04 Å². The second kappa shape index (κ2) is 6.91. The molecule has 0 spiro atoms. The molecule has 0 aliphatic carbocycles. The Balaban J connectivity index is 1.92. The second-order valence-electron chi connectivity index (χ2n) is 5.98. The number of benzene rings is 1. The van der Waals surface area contributed by atoms with Crippen LogP contribution in [0.5, 0.6) is 0 Å². The van der Waals surface area contributed by atoms with Gasteiger partial charge in [-0.05, 0) is 32.0 Å². The van der Waals surface area contributed by atoms with Gasteiger partial charge in [0.25, 0.3) is 0 Å². The van der Waals surface area contributed by atoms with Crippen molar-refractivity contribution in [1.29, 1.82) is 0 Å². The third kappa shape index (κ3) is 4.44. The van der Waals surface area contributed by atoms with Gasteiger partial charge in [-0.2, -0.15) is 0 Å². The zero-order chi connectivity index (χ0) is 15.4. The molecule has 0 saturated carbocycles. The number of nitrogens with zero attached hydrogens (tertiary/aromatic N) is 2. The zero-order valence-corrected chi connectivity index (χ0v) is 13.0. The number of piperazine rings is 1. The molecule has 0 bridgehead atoms. The van der Waals surface area contributed by atoms with E-state index in [1.54, 1.807) is 0 Å². The van der Waals surface area contributed by atoms with Crippen LogP contribution in [0.4, 0.5) is 4.79 Å². The van der Waals surface area contributed by atoms with E-state index in [-0.39, 0.29) is 6.04 Å². The van der Waals surface area contributed by atoms with E-state index in [1.807, 2.05) is 19.1 Å². The first-order valence-electron chi connectivity index (χ1n) is 7.46. The number of nitrogens with one attached hydrogen (secondary N) is 1. The van der Waals surface area contributed by atoms with E-state index in [0.717, 1.165) is 31.7 Å². The molecule has 2 atom stereocenters. The number of hydrogen-bond donors (Lipinski definition) is 2. The van der Waals surface area contributed by atoms with Crippen molar-refractivity contribution in [1.82, 2.24) is 15.1 Å². The van der Waals surface area contributed by atoms with Crippen LogP contribution in [0, 0.1) is 0 Å². The highest BCUT2D eigenvalue weighted by atomic mass is 16.4. The molecule has 1 aromatic rings. The van der Waals surface area contributed by atoms with Gasteiger partial charge in [-0.3, -0.25) is 4.90 Å². The number of hydrogen-bond acceptors (Lipinski definition) is 3. The number of rotatable bonds is 4. The van der Waals surface area contributed by atoms with Gasteiger partial charge in [0, 0.05) is 32.2 Å². The Morgan fingerprint density at radius 3 is 2.62 bits per heavy atom. The lowest BCUT2D eigenvalue weighted by Gasteiger charge is -2.37. The van der Waals surface area contributed by atoms with Crippen molar-refractivity contribution >= 4 is 6.09 Å². The Morgan fingerprint density at radius 2 is 2.05 bits per heavy atom. The Bertz CT molecular complexity index is 475. The second-order valence-corrected chi connectivity index (χ2v) is 5.98. The predicted octanol–water partition coefficient (Wildman–Crippen LogP) is 2.15. The van der Waals surface area contributed by atoms with Gasteiger partial charge in [-0.1, -0.05) is 24.3 Å². The van der Waals surface area contributed by atoms with Crippen molar-refractivity contribution in [3.63, 3.8) is 0 Å². The lowest BCUT2D eigenvalue weighted by molar-refractivity contribution is 0.1000. The molecule has 1 fully saturated rings. The molecular weight excluding hydrogens is 266 g/mol. The van der Waals surface area contributed by atoms with Crippen LogP contribution >= 0.6 is 0 Å². The average Bonchev–Trinajstić information content (AvgIpc) is 2.43. The van der Waals surface area contributed by atoms with Crippen LogP contribution in [0.3, 0.4) is 0 Å². The van der Waals surface area contributed by atoms with Crippen LogP contribution in [-0.4, -0.2) is 53.7 Å². The summed E-state index contributed by atoms with van der Waals surface area (Å²) in [4.78, 5) is 15.5. The Hall–Kier alpha value is -1.59. The molecule has 1 unspecified atom stereocenters. The van der Waals surface area contributed by atoms with Gasteiger partial charge in [0.2, 0.25) is 0 Å². The molecule has 0 radical (unpaired) electrons. The van der Waals surface area contributed by atoms with Crippen molar-refractivity contribution in [3.8, 4) is 0 Å². The molecular formula is C16H25N3O2. The first-order chi connectivity index (χ1) is 9.95. The van der Waals surface area contributed by atoms with E-state index >= 15 is 0 Å². The van der Waals surface area contributed by atoms with Gasteiger partial charge in [0.05, 0.1) is 6.04 Å². The molecule has 1 saturated heterocycles. The number of likely N-dealkylation sites (N-methyl/N-ethyl adjacent to an activating group) is 1. The number of carbonyl (C=O) groups is 1. The van der Waals surface area contributed by atoms with Gasteiger partial charge < -0.3 is 15.3 Å². The smallest absolute Gasteiger partial charge is 0.405 e. The topological polar surface area (TPSA) is 55.8 Å². The SMILES string of the molecule is CC1CN(Cc2ccc([C@H](C)NC(=O)O)cc2)CCN1C. The molecule has 1 aromatic carbocycles. The maximum atomic E-state index is 10.6. The van der Waals surface area contributed by atoms with Crippen molar-refractivity contribution < 1.29 is 9.90 Å². The van der Waals surface area contributed by atoms with Crippen molar-refractivity contribution in [2.75, 3.05) is 26.7 Å². The standard InChI is InChI=1S/C16H25N3O2/c1-12-10-19(9-8-18(12)3)11-14-4-6-15(7-5-14)13(2)17-16(20)21/h4-7,12-13,17H,8-11H2,1-3H3,(H,20,21)/t12?,13-/m0/s1. The van der Waals surface area contributed by atoms with Crippen LogP contribution in [-0.2, 0) is 6.54 Å². The predicted molar refractivity (Wildman–Crippen MR) is 83.4 cm³/mol. The third-order valence-corrected chi connectivity index (χ3v) is 4.27. The molecule has 5 nitrogen and oxygen atoms in total. The largest absolute Gasteiger partial charge is 0.465 e. The molecule has 2 rings (SSSR count). The van der Waals surface area contributed by atoms with Crippen LogP contribution in [0.2, 0.25) is 0 Å². The molecule has 0 aromatic heterocycles. The lowest BCUT2D eigenvalue weighted by atomic mass is 10.1. The third-order valence-electron chi connectivity index (χ3n) is 4.27. The zero-order valence-electron chi connectivity index (χ0n) is 13.0. The van der Waals surface area contributed by atoms with Crippen LogP contribution < -0.4 is 5.32 Å². The average molecular weight is 291 g/mol. The van der Waals surface area contributed by atoms with Crippen LogP contribution in [0.1, 0.15) is 31.0 Å². The molecule has 1 heterocycles. The van der Waals surface area contributed by atoms with E-state index in [9.17, 15) is 4.79 Å². The van der Waals surface area contributed by atoms with E-state index in [4.69, 9.17) is 5.11 Å². The summed E-state index contributed by atoms with van der Waals surface area (Å²) in [5.41, 5.74) is 2.27. The van der Waals surface area contributed by atoms with Crippen molar-refractivity contribution in [3.05, 3.63) is 35.4 Å². The van der Waals surface area contributed by atoms with Crippen molar-refractivity contribution in [2.24, 2.45) is 0 Å². The highest BCUT2D eigenvalue weighted by Crippen LogP contribution is 2.16. The molecule has 21 heavy (non-hydrogen) atoms. The van der Waals surface area contributed by atoms with Gasteiger partial charge in [0.15, 0.2) is 0 Å². The minimum Gasteiger partial charge on any atom is -0.465 e. The summed E-state index contributed by atoms with van der Waals surface area (Å²) >= 11 is 0.